The Morgan fingerprint density at radius 3 is 2.91 bits per heavy atom. The van der Waals surface area contributed by atoms with Gasteiger partial charge in [0.05, 0.1) is 13.7 Å². The van der Waals surface area contributed by atoms with Gasteiger partial charge in [0.25, 0.3) is 0 Å². The second-order valence-electron chi connectivity index (χ2n) is 4.80. The maximum atomic E-state index is 11.6. The average molecular weight is 335 g/mol. The summed E-state index contributed by atoms with van der Waals surface area (Å²) < 4.78 is 10.3. The minimum atomic E-state index is -0.399. The summed E-state index contributed by atoms with van der Waals surface area (Å²) in [5.74, 6) is 1.47. The molecule has 0 atom stereocenters. The number of hydrogen-bond acceptors (Lipinski definition) is 5. The lowest BCUT2D eigenvalue weighted by Crippen LogP contribution is -2.36. The molecule has 0 bridgehead atoms. The van der Waals surface area contributed by atoms with Crippen LogP contribution in [0.1, 0.15) is 33.7 Å². The molecule has 2 aromatic rings. The molecule has 0 radical (unpaired) electrons. The number of esters is 1. The van der Waals surface area contributed by atoms with E-state index in [1.807, 2.05) is 18.4 Å². The van der Waals surface area contributed by atoms with Gasteiger partial charge in [0.15, 0.2) is 5.96 Å². The molecule has 0 saturated carbocycles. The van der Waals surface area contributed by atoms with Crippen molar-refractivity contribution in [3.8, 4) is 0 Å². The summed E-state index contributed by atoms with van der Waals surface area (Å²) in [7, 11) is 1.35. The summed E-state index contributed by atoms with van der Waals surface area (Å²) in [6, 6.07) is 5.76. The van der Waals surface area contributed by atoms with Gasteiger partial charge in [-0.1, -0.05) is 6.07 Å². The number of rotatable bonds is 6. The number of ether oxygens (including phenoxy) is 1. The van der Waals surface area contributed by atoms with E-state index in [0.717, 1.165) is 6.54 Å². The smallest absolute Gasteiger partial charge is 0.341 e. The number of guanidine groups is 1. The number of nitrogens with zero attached hydrogens (tertiary/aromatic N) is 1. The van der Waals surface area contributed by atoms with Crippen molar-refractivity contribution in [1.29, 1.82) is 0 Å². The lowest BCUT2D eigenvalue weighted by Gasteiger charge is -2.09. The van der Waals surface area contributed by atoms with E-state index in [0.29, 0.717) is 36.1 Å². The largest absolute Gasteiger partial charge is 0.465 e. The van der Waals surface area contributed by atoms with Crippen molar-refractivity contribution >= 4 is 23.3 Å². The molecule has 0 aliphatic rings. The Bertz CT molecular complexity index is 662. The van der Waals surface area contributed by atoms with Crippen molar-refractivity contribution in [2.24, 2.45) is 4.99 Å². The normalized spacial score (nSPS) is 11.3. The van der Waals surface area contributed by atoms with Gasteiger partial charge in [-0.3, -0.25) is 0 Å². The number of methoxy groups -OCH3 is 1. The first kappa shape index (κ1) is 17.1. The highest BCUT2D eigenvalue weighted by Crippen LogP contribution is 2.16. The number of hydrogen-bond donors (Lipinski definition) is 2. The van der Waals surface area contributed by atoms with Gasteiger partial charge in [-0.2, -0.15) is 0 Å². The zero-order chi connectivity index (χ0) is 16.7. The maximum Gasteiger partial charge on any atom is 0.341 e. The van der Waals surface area contributed by atoms with E-state index in [1.165, 1.54) is 12.0 Å². The van der Waals surface area contributed by atoms with Crippen LogP contribution in [-0.2, 0) is 17.8 Å². The lowest BCUT2D eigenvalue weighted by atomic mass is 10.2. The van der Waals surface area contributed by atoms with Crippen LogP contribution in [0.15, 0.2) is 33.0 Å². The first-order valence-corrected chi connectivity index (χ1v) is 8.24. The van der Waals surface area contributed by atoms with Crippen molar-refractivity contribution < 1.29 is 13.9 Å². The Hall–Kier alpha value is -2.28. The highest BCUT2D eigenvalue weighted by atomic mass is 32.1. The lowest BCUT2D eigenvalue weighted by molar-refractivity contribution is 0.0599. The SMILES string of the molecule is CCNC(=NCc1cc(C(=O)OC)c(C)o1)NCc1cccs1. The predicted octanol–water partition coefficient (Wildman–Crippen LogP) is 2.69. The standard InChI is InChI=1S/C16H21N3O3S/c1-4-17-16(19-10-13-6-5-7-23-13)18-9-12-8-14(11(2)22-12)15(20)21-3/h5-8H,4,9-10H2,1-3H3,(H2,17,18,19). The molecule has 0 fully saturated rings. The van der Waals surface area contributed by atoms with E-state index in [1.54, 1.807) is 24.3 Å². The van der Waals surface area contributed by atoms with E-state index in [4.69, 9.17) is 9.15 Å². The molecule has 23 heavy (non-hydrogen) atoms. The van der Waals surface area contributed by atoms with Crippen LogP contribution in [0.2, 0.25) is 0 Å². The fourth-order valence-corrected chi connectivity index (χ4v) is 2.66. The number of aryl methyl sites for hydroxylation is 1. The highest BCUT2D eigenvalue weighted by molar-refractivity contribution is 7.09. The molecule has 2 N–H and O–H groups in total. The number of furan rings is 1. The fourth-order valence-electron chi connectivity index (χ4n) is 2.02. The van der Waals surface area contributed by atoms with E-state index in [-0.39, 0.29) is 0 Å². The number of aliphatic imine (C=N–C) groups is 1. The van der Waals surface area contributed by atoms with E-state index in [9.17, 15) is 4.79 Å². The molecule has 2 heterocycles. The zero-order valence-corrected chi connectivity index (χ0v) is 14.3. The molecular weight excluding hydrogens is 314 g/mol. The van der Waals surface area contributed by atoms with Crippen LogP contribution in [-0.4, -0.2) is 25.6 Å². The first-order valence-electron chi connectivity index (χ1n) is 7.36. The molecule has 6 nitrogen and oxygen atoms in total. The number of carbonyl (C=O) groups excluding carboxylic acids is 1. The molecule has 0 unspecified atom stereocenters. The number of nitrogens with one attached hydrogen (secondary N) is 2. The van der Waals surface area contributed by atoms with Crippen molar-refractivity contribution in [3.63, 3.8) is 0 Å². The van der Waals surface area contributed by atoms with Crippen molar-refractivity contribution in [3.05, 3.63) is 45.5 Å². The molecule has 0 amide bonds. The molecule has 2 aromatic heterocycles. The monoisotopic (exact) mass is 335 g/mol. The van der Waals surface area contributed by atoms with Gasteiger partial charge in [-0.05, 0) is 31.4 Å². The number of thiophene rings is 1. The Morgan fingerprint density at radius 2 is 2.26 bits per heavy atom. The van der Waals surface area contributed by atoms with Gasteiger partial charge in [0.1, 0.15) is 23.6 Å². The van der Waals surface area contributed by atoms with E-state index in [2.05, 4.69) is 21.7 Å². The van der Waals surface area contributed by atoms with Crippen LogP contribution in [0.25, 0.3) is 0 Å². The zero-order valence-electron chi connectivity index (χ0n) is 13.5. The quantitative estimate of drug-likeness (QED) is 0.482. The second kappa shape index (κ2) is 8.38. The summed E-state index contributed by atoms with van der Waals surface area (Å²) >= 11 is 1.69. The first-order chi connectivity index (χ1) is 11.1. The van der Waals surface area contributed by atoms with Gasteiger partial charge >= 0.3 is 5.97 Å². The molecule has 0 saturated heterocycles. The van der Waals surface area contributed by atoms with Gasteiger partial charge < -0.3 is 19.8 Å². The molecule has 124 valence electrons. The van der Waals surface area contributed by atoms with Crippen LogP contribution >= 0.6 is 11.3 Å². The molecule has 7 heteroatoms. The third-order valence-electron chi connectivity index (χ3n) is 3.12. The third kappa shape index (κ3) is 4.85. The van der Waals surface area contributed by atoms with Crippen LogP contribution in [0.5, 0.6) is 0 Å². The Balaban J connectivity index is 2.00. The molecule has 0 aliphatic heterocycles. The summed E-state index contributed by atoms with van der Waals surface area (Å²) in [6.07, 6.45) is 0. The van der Waals surface area contributed by atoms with Crippen molar-refractivity contribution in [1.82, 2.24) is 10.6 Å². The van der Waals surface area contributed by atoms with Gasteiger partial charge in [-0.25, -0.2) is 9.79 Å². The highest BCUT2D eigenvalue weighted by Gasteiger charge is 2.15. The summed E-state index contributed by atoms with van der Waals surface area (Å²) in [5, 5.41) is 8.49. The predicted molar refractivity (Wildman–Crippen MR) is 90.8 cm³/mol. The van der Waals surface area contributed by atoms with Gasteiger partial charge in [0.2, 0.25) is 0 Å². The Kier molecular flexibility index (Phi) is 6.22. The summed E-state index contributed by atoms with van der Waals surface area (Å²) in [6.45, 7) is 5.57. The minimum absolute atomic E-state index is 0.345. The average Bonchev–Trinajstić information content (AvgIpc) is 3.19. The van der Waals surface area contributed by atoms with E-state index >= 15 is 0 Å². The van der Waals surface area contributed by atoms with Crippen LogP contribution < -0.4 is 10.6 Å². The van der Waals surface area contributed by atoms with E-state index < -0.39 is 5.97 Å². The molecule has 0 aromatic carbocycles. The van der Waals surface area contributed by atoms with Gasteiger partial charge in [0, 0.05) is 11.4 Å². The minimum Gasteiger partial charge on any atom is -0.465 e. The maximum absolute atomic E-state index is 11.6. The van der Waals surface area contributed by atoms with Gasteiger partial charge in [-0.15, -0.1) is 11.3 Å². The second-order valence-corrected chi connectivity index (χ2v) is 5.83. The topological polar surface area (TPSA) is 75.9 Å². The number of carbonyl (C=O) groups is 1. The Morgan fingerprint density at radius 1 is 1.43 bits per heavy atom. The molecule has 0 spiro atoms. The molecule has 0 aliphatic carbocycles. The van der Waals surface area contributed by atoms with Crippen molar-refractivity contribution in [2.75, 3.05) is 13.7 Å². The van der Waals surface area contributed by atoms with Crippen LogP contribution in [0, 0.1) is 6.92 Å². The summed E-state index contributed by atoms with van der Waals surface area (Å²) in [4.78, 5) is 17.3. The summed E-state index contributed by atoms with van der Waals surface area (Å²) in [5.41, 5.74) is 0.439. The molecular formula is C16H21N3O3S. The fraction of sp³-hybridized carbons (Fsp3) is 0.375. The third-order valence-corrected chi connectivity index (χ3v) is 4.00. The van der Waals surface area contributed by atoms with Crippen LogP contribution in [0.3, 0.4) is 0 Å². The Labute approximate surface area is 139 Å². The van der Waals surface area contributed by atoms with Crippen molar-refractivity contribution in [2.45, 2.75) is 26.9 Å². The molecule has 2 rings (SSSR count). The van der Waals surface area contributed by atoms with Crippen LogP contribution in [0.4, 0.5) is 0 Å².